The molecule has 3 heteroatoms. The van der Waals surface area contributed by atoms with Gasteiger partial charge >= 0.3 is 0 Å². The summed E-state index contributed by atoms with van der Waals surface area (Å²) in [5.74, 6) is -0.423. The average Bonchev–Trinajstić information content (AvgIpc) is 3.70. The fourth-order valence-corrected chi connectivity index (χ4v) is 9.68. The number of nitrogens with zero attached hydrogens (tertiary/aromatic N) is 1. The van der Waals surface area contributed by atoms with E-state index in [-0.39, 0.29) is 28.0 Å². The van der Waals surface area contributed by atoms with Crippen molar-refractivity contribution in [3.63, 3.8) is 0 Å². The van der Waals surface area contributed by atoms with Crippen molar-refractivity contribution in [1.82, 2.24) is 0 Å². The van der Waals surface area contributed by atoms with E-state index in [0.717, 1.165) is 27.8 Å². The van der Waals surface area contributed by atoms with Crippen LogP contribution >= 0.6 is 0 Å². The normalized spacial score (nSPS) is 18.7. The molecular weight excluding hydrogens is 635 g/mol. The van der Waals surface area contributed by atoms with Crippen LogP contribution in [0.4, 0.5) is 11.4 Å². The zero-order valence-electron chi connectivity index (χ0n) is 30.4. The Bertz CT molecular complexity index is 2640. The van der Waals surface area contributed by atoms with Gasteiger partial charge in [0.15, 0.2) is 11.6 Å². The molecule has 252 valence electrons. The van der Waals surface area contributed by atoms with Gasteiger partial charge in [-0.1, -0.05) is 120 Å². The van der Waals surface area contributed by atoms with Crippen molar-refractivity contribution in [1.29, 1.82) is 0 Å². The zero-order chi connectivity index (χ0) is 35.9. The molecular formula is C49H39NO2. The van der Waals surface area contributed by atoms with Gasteiger partial charge in [0.2, 0.25) is 0 Å². The Morgan fingerprint density at radius 3 is 1.58 bits per heavy atom. The minimum absolute atomic E-state index is 0.161. The van der Waals surface area contributed by atoms with Crippen LogP contribution in [0.5, 0.6) is 0 Å². The van der Waals surface area contributed by atoms with Crippen LogP contribution in [0.1, 0.15) is 90.1 Å². The molecule has 4 aliphatic rings. The van der Waals surface area contributed by atoms with E-state index in [1.807, 2.05) is 42.5 Å². The smallest absolute Gasteiger partial charge is 0.197 e. The molecule has 6 aromatic carbocycles. The third-order valence-corrected chi connectivity index (χ3v) is 12.6. The number of allylic oxidation sites excluding steroid dienone is 4. The lowest BCUT2D eigenvalue weighted by Gasteiger charge is -2.29. The lowest BCUT2D eigenvalue weighted by atomic mass is 9.79. The first-order valence-electron chi connectivity index (χ1n) is 18.3. The summed E-state index contributed by atoms with van der Waals surface area (Å²) in [7, 11) is 0. The van der Waals surface area contributed by atoms with E-state index in [2.05, 4.69) is 125 Å². The maximum absolute atomic E-state index is 13.9. The molecule has 1 aliphatic heterocycles. The van der Waals surface area contributed by atoms with Gasteiger partial charge < -0.3 is 4.90 Å². The third kappa shape index (κ3) is 3.91. The minimum Gasteiger partial charge on any atom is -0.313 e. The molecule has 3 aliphatic carbocycles. The van der Waals surface area contributed by atoms with E-state index >= 15 is 0 Å². The Labute approximate surface area is 304 Å². The summed E-state index contributed by atoms with van der Waals surface area (Å²) in [6.07, 6.45) is 3.82. The minimum atomic E-state index is -0.438. The summed E-state index contributed by atoms with van der Waals surface area (Å²) in [4.78, 5) is 30.2. The number of benzene rings is 6. The van der Waals surface area contributed by atoms with Crippen molar-refractivity contribution in [2.75, 3.05) is 4.90 Å². The lowest BCUT2D eigenvalue weighted by Crippen LogP contribution is -2.23. The maximum Gasteiger partial charge on any atom is 0.197 e. The van der Waals surface area contributed by atoms with Gasteiger partial charge in [0, 0.05) is 38.8 Å². The molecule has 10 rings (SSSR count). The van der Waals surface area contributed by atoms with Crippen molar-refractivity contribution in [2.45, 2.75) is 57.8 Å². The summed E-state index contributed by atoms with van der Waals surface area (Å²) in [6, 6.07) is 40.8. The number of Topliss-reactive ketones (excluding diaryl/α,β-unsaturated/α-hetero) is 2. The monoisotopic (exact) mass is 673 g/mol. The molecule has 1 heterocycles. The van der Waals surface area contributed by atoms with Crippen molar-refractivity contribution >= 4 is 33.7 Å². The zero-order valence-corrected chi connectivity index (χ0v) is 30.4. The first kappa shape index (κ1) is 31.0. The Morgan fingerprint density at radius 2 is 0.962 bits per heavy atom. The van der Waals surface area contributed by atoms with Gasteiger partial charge in [0.1, 0.15) is 0 Å². The quantitative estimate of drug-likeness (QED) is 0.136. The molecule has 3 nitrogen and oxygen atoms in total. The molecule has 0 amide bonds. The molecule has 0 fully saturated rings. The van der Waals surface area contributed by atoms with Gasteiger partial charge in [-0.2, -0.15) is 0 Å². The van der Waals surface area contributed by atoms with Crippen LogP contribution in [0.3, 0.4) is 0 Å². The topological polar surface area (TPSA) is 37.4 Å². The van der Waals surface area contributed by atoms with Gasteiger partial charge in [-0.15, -0.1) is 0 Å². The largest absolute Gasteiger partial charge is 0.313 e. The average molecular weight is 674 g/mol. The van der Waals surface area contributed by atoms with Crippen LogP contribution in [-0.4, -0.2) is 11.6 Å². The fraction of sp³-hybridized carbons (Fsp3) is 0.184. The Kier molecular flexibility index (Phi) is 6.06. The molecule has 0 aromatic heterocycles. The van der Waals surface area contributed by atoms with Gasteiger partial charge in [0.05, 0.1) is 11.3 Å². The van der Waals surface area contributed by atoms with Crippen LogP contribution in [0.25, 0.3) is 33.0 Å². The van der Waals surface area contributed by atoms with Crippen LogP contribution in [-0.2, 0) is 16.2 Å². The van der Waals surface area contributed by atoms with E-state index in [0.29, 0.717) is 11.1 Å². The Hall–Kier alpha value is -5.80. The van der Waals surface area contributed by atoms with Crippen LogP contribution < -0.4 is 4.90 Å². The van der Waals surface area contributed by atoms with Gasteiger partial charge in [-0.3, -0.25) is 9.59 Å². The number of hydrogen-bond acceptors (Lipinski definition) is 3. The van der Waals surface area contributed by atoms with Crippen LogP contribution in [0, 0.1) is 0 Å². The highest BCUT2D eigenvalue weighted by molar-refractivity contribution is 6.40. The van der Waals surface area contributed by atoms with Crippen LogP contribution in [0.2, 0.25) is 0 Å². The van der Waals surface area contributed by atoms with Gasteiger partial charge in [-0.25, -0.2) is 0 Å². The Morgan fingerprint density at radius 1 is 0.442 bits per heavy atom. The number of fused-ring (bicyclic) bond motifs is 9. The first-order chi connectivity index (χ1) is 24.9. The van der Waals surface area contributed by atoms with Gasteiger partial charge in [0.25, 0.3) is 0 Å². The van der Waals surface area contributed by atoms with Crippen molar-refractivity contribution in [3.8, 4) is 22.3 Å². The fourth-order valence-electron chi connectivity index (χ4n) is 9.68. The molecule has 0 N–H and O–H groups in total. The summed E-state index contributed by atoms with van der Waals surface area (Å²) in [5, 5.41) is 1.92. The molecule has 0 atom stereocenters. The molecule has 0 spiro atoms. The molecule has 52 heavy (non-hydrogen) atoms. The molecule has 0 bridgehead atoms. The highest BCUT2D eigenvalue weighted by atomic mass is 16.2. The van der Waals surface area contributed by atoms with E-state index in [9.17, 15) is 9.59 Å². The predicted molar refractivity (Wildman–Crippen MR) is 212 cm³/mol. The second kappa shape index (κ2) is 10.2. The van der Waals surface area contributed by atoms with E-state index in [1.165, 1.54) is 50.1 Å². The van der Waals surface area contributed by atoms with E-state index in [1.54, 1.807) is 6.08 Å². The summed E-state index contributed by atoms with van der Waals surface area (Å²) < 4.78 is 0. The molecule has 0 unspecified atom stereocenters. The number of carbonyl (C=O) groups is 2. The first-order valence-corrected chi connectivity index (χ1v) is 18.3. The number of rotatable bonds is 2. The van der Waals surface area contributed by atoms with Crippen LogP contribution in [0.15, 0.2) is 139 Å². The molecule has 0 saturated carbocycles. The van der Waals surface area contributed by atoms with E-state index < -0.39 is 5.41 Å². The lowest BCUT2D eigenvalue weighted by molar-refractivity contribution is 0.0988. The molecule has 0 radical (unpaired) electrons. The van der Waals surface area contributed by atoms with Gasteiger partial charge in [-0.05, 0) is 109 Å². The SMILES string of the molecule is CC1(C)/C(=C/C=C2C(=O)c3cc4ccccc4cc3C2=O)N(c2ccc3c(c2)C(C)(C)c2ccccc2-3)c2cc3c(cc21)-c1ccccc1C3(C)C. The van der Waals surface area contributed by atoms with Crippen molar-refractivity contribution in [3.05, 3.63) is 178 Å². The van der Waals surface area contributed by atoms with Crippen molar-refractivity contribution < 1.29 is 9.59 Å². The highest BCUT2D eigenvalue weighted by Crippen LogP contribution is 2.58. The van der Waals surface area contributed by atoms with E-state index in [4.69, 9.17) is 0 Å². The maximum atomic E-state index is 13.9. The summed E-state index contributed by atoms with van der Waals surface area (Å²) in [5.41, 5.74) is 15.3. The number of ketones is 2. The summed E-state index contributed by atoms with van der Waals surface area (Å²) in [6.45, 7) is 13.8. The highest BCUT2D eigenvalue weighted by Gasteiger charge is 2.46. The molecule has 0 saturated heterocycles. The second-order valence-corrected chi connectivity index (χ2v) is 16.5. The standard InChI is InChI=1S/C49H39NO2/c1-47(2)38-17-11-9-15-31(38)33-20-19-30(25-40(33)47)50-43-27-41-35(32-16-10-12-18-39(32)48(41,3)4)26-42(43)49(5,6)44(50)22-21-34-45(51)36-23-28-13-7-8-14-29(28)24-37(36)46(34)52/h7-27H,1-6H3/b44-22-. The number of carbonyl (C=O) groups excluding carboxylic acids is 2. The number of hydrogen-bond donors (Lipinski definition) is 0. The Balaban J connectivity index is 1.18. The predicted octanol–water partition coefficient (Wildman–Crippen LogP) is 11.8. The molecule has 6 aromatic rings. The third-order valence-electron chi connectivity index (χ3n) is 12.6. The second-order valence-electron chi connectivity index (χ2n) is 16.5. The number of anilines is 2. The summed E-state index contributed by atoms with van der Waals surface area (Å²) >= 11 is 0. The van der Waals surface area contributed by atoms with Crippen molar-refractivity contribution in [2.24, 2.45) is 0 Å².